The molecule has 0 bridgehead atoms. The van der Waals surface area contributed by atoms with Crippen LogP contribution in [0.5, 0.6) is 5.75 Å². The van der Waals surface area contributed by atoms with Gasteiger partial charge in [-0.25, -0.2) is 4.79 Å². The van der Waals surface area contributed by atoms with Crippen molar-refractivity contribution in [2.75, 3.05) is 12.4 Å². The van der Waals surface area contributed by atoms with Gasteiger partial charge in [-0.1, -0.05) is 0 Å². The first-order valence-electron chi connectivity index (χ1n) is 7.36. The van der Waals surface area contributed by atoms with Gasteiger partial charge in [-0.3, -0.25) is 14.9 Å². The molecular formula is C16H15N3O7. The molecule has 0 aliphatic carbocycles. The molecule has 2 rings (SSSR count). The highest BCUT2D eigenvalue weighted by Gasteiger charge is 2.25. The van der Waals surface area contributed by atoms with Crippen LogP contribution in [0, 0.1) is 15.3 Å². The second-order valence-electron chi connectivity index (χ2n) is 5.09. The predicted molar refractivity (Wildman–Crippen MR) is 88.6 cm³/mol. The zero-order valence-corrected chi connectivity index (χ0v) is 13.9. The largest absolute Gasteiger partial charge is 0.618 e. The second-order valence-corrected chi connectivity index (χ2v) is 5.09. The van der Waals surface area contributed by atoms with Crippen LogP contribution < -0.4 is 14.8 Å². The summed E-state index contributed by atoms with van der Waals surface area (Å²) >= 11 is 0. The number of nitro benzene ring substituents is 1. The fraction of sp³-hybridized carbons (Fsp3) is 0.188. The summed E-state index contributed by atoms with van der Waals surface area (Å²) in [6, 6.07) is 8.03. The van der Waals surface area contributed by atoms with Crippen molar-refractivity contribution in [2.24, 2.45) is 0 Å². The van der Waals surface area contributed by atoms with E-state index in [0.717, 1.165) is 12.3 Å². The number of rotatable bonds is 6. The van der Waals surface area contributed by atoms with Crippen LogP contribution in [-0.2, 0) is 9.53 Å². The molecule has 10 heteroatoms. The Kier molecular flexibility index (Phi) is 5.68. The third kappa shape index (κ3) is 4.23. The zero-order chi connectivity index (χ0) is 19.3. The van der Waals surface area contributed by atoms with Gasteiger partial charge in [0.15, 0.2) is 12.3 Å². The fourth-order valence-corrected chi connectivity index (χ4v) is 1.99. The Bertz CT molecular complexity index is 853. The Morgan fingerprint density at radius 2 is 2.00 bits per heavy atom. The topological polar surface area (TPSA) is 135 Å². The van der Waals surface area contributed by atoms with Crippen LogP contribution in [0.4, 0.5) is 11.4 Å². The monoisotopic (exact) mass is 361 g/mol. The van der Waals surface area contributed by atoms with E-state index >= 15 is 0 Å². The molecule has 0 saturated heterocycles. The number of nitro groups is 1. The van der Waals surface area contributed by atoms with Gasteiger partial charge in [0, 0.05) is 12.1 Å². The number of aromatic nitrogens is 1. The Balaban J connectivity index is 2.11. The molecule has 0 aliphatic heterocycles. The molecule has 0 saturated carbocycles. The maximum Gasteiger partial charge on any atom is 0.405 e. The average Bonchev–Trinajstić information content (AvgIpc) is 2.61. The number of anilines is 1. The van der Waals surface area contributed by atoms with Crippen molar-refractivity contribution >= 4 is 23.3 Å². The number of amides is 1. The molecule has 136 valence electrons. The number of nitrogens with one attached hydrogen (secondary N) is 1. The van der Waals surface area contributed by atoms with E-state index in [2.05, 4.69) is 5.32 Å². The number of methoxy groups -OCH3 is 1. The molecule has 0 aliphatic rings. The molecule has 0 unspecified atom stereocenters. The van der Waals surface area contributed by atoms with E-state index in [1.807, 2.05) is 0 Å². The maximum absolute atomic E-state index is 12.2. The highest BCUT2D eigenvalue weighted by molar-refractivity contribution is 5.98. The van der Waals surface area contributed by atoms with Crippen LogP contribution in [0.3, 0.4) is 0 Å². The Hall–Kier alpha value is -3.69. The van der Waals surface area contributed by atoms with E-state index in [0.29, 0.717) is 4.73 Å². The van der Waals surface area contributed by atoms with Gasteiger partial charge >= 0.3 is 11.7 Å². The number of pyridine rings is 1. The molecule has 1 N–H and O–H groups in total. The smallest absolute Gasteiger partial charge is 0.405 e. The fourth-order valence-electron chi connectivity index (χ4n) is 1.99. The van der Waals surface area contributed by atoms with Crippen LogP contribution in [0.15, 0.2) is 42.6 Å². The average molecular weight is 361 g/mol. The molecule has 0 spiro atoms. The minimum absolute atomic E-state index is 0.0812. The van der Waals surface area contributed by atoms with Crippen molar-refractivity contribution in [3.05, 3.63) is 63.6 Å². The van der Waals surface area contributed by atoms with Crippen molar-refractivity contribution in [3.8, 4) is 5.75 Å². The standard InChI is InChI=1S/C16H15N3O7/c1-10(26-16(21)13-5-3-4-8-18(13)22)15(20)17-12-7-6-11(25-2)9-14(12)19(23)24/h3-10H,1-2H3,(H,17,20)/t10-/m0/s1. The van der Waals surface area contributed by atoms with Gasteiger partial charge in [-0.15, -0.1) is 0 Å². The Labute approximate surface area is 147 Å². The molecule has 26 heavy (non-hydrogen) atoms. The molecule has 1 aromatic carbocycles. The minimum Gasteiger partial charge on any atom is -0.618 e. The Morgan fingerprint density at radius 1 is 1.27 bits per heavy atom. The summed E-state index contributed by atoms with van der Waals surface area (Å²) in [5.41, 5.74) is -0.749. The third-order valence-corrected chi connectivity index (χ3v) is 3.35. The van der Waals surface area contributed by atoms with E-state index in [4.69, 9.17) is 9.47 Å². The van der Waals surface area contributed by atoms with Crippen LogP contribution in [-0.4, -0.2) is 30.0 Å². The first-order chi connectivity index (χ1) is 12.3. The summed E-state index contributed by atoms with van der Waals surface area (Å²) in [6.07, 6.45) is -0.174. The van der Waals surface area contributed by atoms with Crippen LogP contribution in [0.1, 0.15) is 17.4 Å². The first-order valence-corrected chi connectivity index (χ1v) is 7.36. The molecule has 0 fully saturated rings. The van der Waals surface area contributed by atoms with Crippen molar-refractivity contribution in [2.45, 2.75) is 13.0 Å². The number of hydrogen-bond donors (Lipinski definition) is 1. The third-order valence-electron chi connectivity index (χ3n) is 3.35. The lowest BCUT2D eigenvalue weighted by atomic mass is 10.2. The normalized spacial score (nSPS) is 11.3. The molecule has 0 radical (unpaired) electrons. The van der Waals surface area contributed by atoms with Gasteiger partial charge in [0.25, 0.3) is 11.6 Å². The number of hydrogen-bond acceptors (Lipinski definition) is 7. The molecule has 1 amide bonds. The predicted octanol–water partition coefficient (Wildman–Crippen LogP) is 1.42. The summed E-state index contributed by atoms with van der Waals surface area (Å²) in [5, 5.41) is 24.9. The first kappa shape index (κ1) is 18.6. The zero-order valence-electron chi connectivity index (χ0n) is 13.9. The van der Waals surface area contributed by atoms with Gasteiger partial charge in [-0.2, -0.15) is 4.73 Å². The van der Waals surface area contributed by atoms with E-state index in [1.165, 1.54) is 44.4 Å². The number of benzene rings is 1. The van der Waals surface area contributed by atoms with Gasteiger partial charge in [0.05, 0.1) is 18.1 Å². The van der Waals surface area contributed by atoms with Gasteiger partial charge in [0.1, 0.15) is 11.4 Å². The van der Waals surface area contributed by atoms with Gasteiger partial charge in [0.2, 0.25) is 0 Å². The van der Waals surface area contributed by atoms with Crippen LogP contribution in [0.2, 0.25) is 0 Å². The maximum atomic E-state index is 12.2. The lowest BCUT2D eigenvalue weighted by Gasteiger charge is -2.13. The molecule has 1 atom stereocenters. The van der Waals surface area contributed by atoms with Crippen molar-refractivity contribution in [1.82, 2.24) is 0 Å². The van der Waals surface area contributed by atoms with Gasteiger partial charge in [-0.05, 0) is 25.1 Å². The van der Waals surface area contributed by atoms with E-state index in [1.54, 1.807) is 0 Å². The number of ether oxygens (including phenoxy) is 2. The summed E-state index contributed by atoms with van der Waals surface area (Å²) in [4.78, 5) is 34.5. The quantitative estimate of drug-likeness (QED) is 0.270. The molecular weight excluding hydrogens is 346 g/mol. The van der Waals surface area contributed by atoms with E-state index < -0.39 is 22.9 Å². The minimum atomic E-state index is -1.29. The molecule has 10 nitrogen and oxygen atoms in total. The number of nitrogens with zero attached hydrogens (tertiary/aromatic N) is 2. The molecule has 1 aromatic heterocycles. The van der Waals surface area contributed by atoms with Crippen molar-refractivity contribution < 1.29 is 28.7 Å². The summed E-state index contributed by atoms with van der Waals surface area (Å²) in [7, 11) is 1.35. The molecule has 1 heterocycles. The molecule has 2 aromatic rings. The highest BCUT2D eigenvalue weighted by Crippen LogP contribution is 2.29. The highest BCUT2D eigenvalue weighted by atomic mass is 16.6. The summed E-state index contributed by atoms with van der Waals surface area (Å²) in [5.74, 6) is -1.54. The van der Waals surface area contributed by atoms with Crippen molar-refractivity contribution in [3.63, 3.8) is 0 Å². The Morgan fingerprint density at radius 3 is 2.62 bits per heavy atom. The lowest BCUT2D eigenvalue weighted by Crippen LogP contribution is -2.37. The second kappa shape index (κ2) is 7.92. The summed E-state index contributed by atoms with van der Waals surface area (Å²) < 4.78 is 10.1. The van der Waals surface area contributed by atoms with E-state index in [9.17, 15) is 24.9 Å². The van der Waals surface area contributed by atoms with Crippen molar-refractivity contribution in [1.29, 1.82) is 0 Å². The van der Waals surface area contributed by atoms with Crippen LogP contribution >= 0.6 is 0 Å². The van der Waals surface area contributed by atoms with Gasteiger partial charge < -0.3 is 20.0 Å². The SMILES string of the molecule is COc1ccc(NC(=O)[C@H](C)OC(=O)c2cccc[n+]2[O-])c([N+](=O)[O-])c1. The summed E-state index contributed by atoms with van der Waals surface area (Å²) in [6.45, 7) is 1.28. The number of esters is 1. The number of carbonyl (C=O) groups is 2. The van der Waals surface area contributed by atoms with Crippen LogP contribution in [0.25, 0.3) is 0 Å². The lowest BCUT2D eigenvalue weighted by molar-refractivity contribution is -0.608. The number of carbonyl (C=O) groups excluding carboxylic acids is 2. The van der Waals surface area contributed by atoms with E-state index in [-0.39, 0.29) is 22.8 Å².